The van der Waals surface area contributed by atoms with Gasteiger partial charge in [0.15, 0.2) is 9.84 Å². The number of H-pyrrole nitrogens is 1. The summed E-state index contributed by atoms with van der Waals surface area (Å²) >= 11 is 0. The van der Waals surface area contributed by atoms with Gasteiger partial charge in [0.1, 0.15) is 16.9 Å². The number of sulfone groups is 1. The average molecular weight is 376 g/mol. The first-order valence-electron chi connectivity index (χ1n) is 9.02. The minimum atomic E-state index is -3.40. The van der Waals surface area contributed by atoms with Gasteiger partial charge in [0, 0.05) is 24.3 Å². The van der Waals surface area contributed by atoms with Crippen LogP contribution in [-0.4, -0.2) is 52.6 Å². The Labute approximate surface area is 153 Å². The molecule has 2 bridgehead atoms. The molecule has 0 aliphatic carbocycles. The summed E-state index contributed by atoms with van der Waals surface area (Å²) in [5.41, 5.74) is 1.16. The molecule has 0 amide bonds. The van der Waals surface area contributed by atoms with Crippen LogP contribution in [0.5, 0.6) is 5.88 Å². The number of pyridine rings is 1. The highest BCUT2D eigenvalue weighted by atomic mass is 32.2. The molecular formula is C18H24N4O3S. The van der Waals surface area contributed by atoms with Crippen LogP contribution < -0.4 is 4.74 Å². The van der Waals surface area contributed by atoms with E-state index in [0.717, 1.165) is 25.7 Å². The topological polar surface area (TPSA) is 88.2 Å². The summed E-state index contributed by atoms with van der Waals surface area (Å²) in [6, 6.07) is 6.12. The van der Waals surface area contributed by atoms with E-state index in [-0.39, 0.29) is 24.1 Å². The van der Waals surface area contributed by atoms with Crippen LogP contribution in [0.15, 0.2) is 29.3 Å². The molecule has 140 valence electrons. The number of aromatic amines is 1. The van der Waals surface area contributed by atoms with Gasteiger partial charge < -0.3 is 4.74 Å². The summed E-state index contributed by atoms with van der Waals surface area (Å²) in [4.78, 5) is 6.74. The van der Waals surface area contributed by atoms with Crippen LogP contribution in [0.1, 0.15) is 37.1 Å². The molecule has 1 N–H and O–H groups in total. The van der Waals surface area contributed by atoms with Crippen molar-refractivity contribution >= 4 is 9.84 Å². The quantitative estimate of drug-likeness (QED) is 0.861. The standard InChI is InChI=1S/C18H24N4O3S/c1-12-18(13(2)21-20-12)26(23,24)11-22-14-6-7-15(22)10-16(9-14)25-17-5-3-4-8-19-17/h3-5,8,14-16H,6-7,9-11H2,1-2H3,(H,20,21)/t14-,15+,16?. The zero-order chi connectivity index (χ0) is 18.3. The van der Waals surface area contributed by atoms with Crippen molar-refractivity contribution in [3.05, 3.63) is 35.8 Å². The Balaban J connectivity index is 1.47. The minimum Gasteiger partial charge on any atom is -0.474 e. The van der Waals surface area contributed by atoms with Crippen LogP contribution >= 0.6 is 0 Å². The van der Waals surface area contributed by atoms with Crippen LogP contribution in [0.2, 0.25) is 0 Å². The largest absolute Gasteiger partial charge is 0.474 e. The lowest BCUT2D eigenvalue weighted by atomic mass is 10.0. The summed E-state index contributed by atoms with van der Waals surface area (Å²) in [6.45, 7) is 3.49. The van der Waals surface area contributed by atoms with E-state index in [2.05, 4.69) is 20.1 Å². The zero-order valence-corrected chi connectivity index (χ0v) is 15.9. The van der Waals surface area contributed by atoms with Gasteiger partial charge in [-0.2, -0.15) is 5.10 Å². The lowest BCUT2D eigenvalue weighted by Gasteiger charge is -2.38. The van der Waals surface area contributed by atoms with Crippen molar-refractivity contribution in [2.45, 2.75) is 62.6 Å². The number of fused-ring (bicyclic) bond motifs is 2. The van der Waals surface area contributed by atoms with Crippen molar-refractivity contribution in [1.82, 2.24) is 20.1 Å². The molecule has 0 radical (unpaired) electrons. The van der Waals surface area contributed by atoms with E-state index in [1.807, 2.05) is 18.2 Å². The second-order valence-corrected chi connectivity index (χ2v) is 9.18. The van der Waals surface area contributed by atoms with Crippen LogP contribution in [0.3, 0.4) is 0 Å². The van der Waals surface area contributed by atoms with Crippen LogP contribution in [0.25, 0.3) is 0 Å². The van der Waals surface area contributed by atoms with Gasteiger partial charge in [-0.15, -0.1) is 0 Å². The van der Waals surface area contributed by atoms with Crippen molar-refractivity contribution in [3.63, 3.8) is 0 Å². The molecule has 0 spiro atoms. The first-order valence-corrected chi connectivity index (χ1v) is 10.7. The molecule has 0 saturated carbocycles. The minimum absolute atomic E-state index is 0.0554. The molecule has 4 rings (SSSR count). The van der Waals surface area contributed by atoms with Crippen molar-refractivity contribution in [1.29, 1.82) is 0 Å². The summed E-state index contributed by atoms with van der Waals surface area (Å²) in [7, 11) is -3.40. The van der Waals surface area contributed by atoms with Crippen molar-refractivity contribution in [2.24, 2.45) is 0 Å². The van der Waals surface area contributed by atoms with Gasteiger partial charge in [-0.05, 0) is 45.6 Å². The Morgan fingerprint density at radius 1 is 1.23 bits per heavy atom. The Kier molecular flexibility index (Phi) is 4.48. The molecule has 2 saturated heterocycles. The first-order chi connectivity index (χ1) is 12.4. The molecule has 8 heteroatoms. The third-order valence-corrected chi connectivity index (χ3v) is 7.32. The summed E-state index contributed by atoms with van der Waals surface area (Å²) in [6.07, 6.45) is 5.54. The Morgan fingerprint density at radius 3 is 2.54 bits per heavy atom. The van der Waals surface area contributed by atoms with Gasteiger partial charge in [-0.3, -0.25) is 10.00 Å². The fourth-order valence-corrected chi connectivity index (χ4v) is 6.33. The molecule has 26 heavy (non-hydrogen) atoms. The summed E-state index contributed by atoms with van der Waals surface area (Å²) < 4.78 is 31.9. The summed E-state index contributed by atoms with van der Waals surface area (Å²) in [5, 5.41) is 6.82. The zero-order valence-electron chi connectivity index (χ0n) is 15.1. The van der Waals surface area contributed by atoms with Crippen molar-refractivity contribution in [2.75, 3.05) is 5.88 Å². The number of nitrogens with one attached hydrogen (secondary N) is 1. The average Bonchev–Trinajstić information content (AvgIpc) is 3.04. The normalized spacial score (nSPS) is 26.2. The molecule has 2 aliphatic rings. The number of rotatable bonds is 5. The second-order valence-electron chi connectivity index (χ2n) is 7.29. The Hall–Kier alpha value is -1.93. The molecule has 2 aromatic heterocycles. The van der Waals surface area contributed by atoms with Gasteiger partial charge >= 0.3 is 0 Å². The SMILES string of the molecule is Cc1n[nH]c(C)c1S(=O)(=O)CN1[C@@H]2CC[C@H]1CC(Oc1ccccn1)C2. The highest BCUT2D eigenvalue weighted by molar-refractivity contribution is 7.91. The Bertz CT molecular complexity index is 848. The molecule has 3 atom stereocenters. The fourth-order valence-electron chi connectivity index (χ4n) is 4.38. The molecule has 2 fully saturated rings. The van der Waals surface area contributed by atoms with E-state index in [4.69, 9.17) is 4.74 Å². The number of hydrogen-bond donors (Lipinski definition) is 1. The smallest absolute Gasteiger partial charge is 0.213 e. The van der Waals surface area contributed by atoms with Crippen LogP contribution in [0.4, 0.5) is 0 Å². The molecule has 1 unspecified atom stereocenters. The fraction of sp³-hybridized carbons (Fsp3) is 0.556. The third-order valence-electron chi connectivity index (χ3n) is 5.46. The van der Waals surface area contributed by atoms with E-state index in [1.165, 1.54) is 0 Å². The van der Waals surface area contributed by atoms with Gasteiger partial charge in [0.25, 0.3) is 0 Å². The molecule has 7 nitrogen and oxygen atoms in total. The van der Waals surface area contributed by atoms with Crippen LogP contribution in [0, 0.1) is 13.8 Å². The van der Waals surface area contributed by atoms with Gasteiger partial charge in [-0.25, -0.2) is 13.4 Å². The summed E-state index contributed by atoms with van der Waals surface area (Å²) in [5.74, 6) is 0.697. The number of hydrogen-bond acceptors (Lipinski definition) is 6. The lowest BCUT2D eigenvalue weighted by molar-refractivity contribution is 0.0582. The van der Waals surface area contributed by atoms with E-state index in [1.54, 1.807) is 20.0 Å². The highest BCUT2D eigenvalue weighted by Gasteiger charge is 2.44. The van der Waals surface area contributed by atoms with E-state index in [9.17, 15) is 8.42 Å². The monoisotopic (exact) mass is 376 g/mol. The van der Waals surface area contributed by atoms with Gasteiger partial charge in [-0.1, -0.05) is 6.07 Å². The molecule has 2 aromatic rings. The number of piperidine rings is 1. The van der Waals surface area contributed by atoms with Crippen LogP contribution in [-0.2, 0) is 9.84 Å². The van der Waals surface area contributed by atoms with E-state index in [0.29, 0.717) is 22.2 Å². The number of ether oxygens (including phenoxy) is 1. The number of aromatic nitrogens is 3. The van der Waals surface area contributed by atoms with Crippen molar-refractivity contribution in [3.8, 4) is 5.88 Å². The van der Waals surface area contributed by atoms with Crippen molar-refractivity contribution < 1.29 is 13.2 Å². The molecular weight excluding hydrogens is 352 g/mol. The number of aryl methyl sites for hydroxylation is 2. The third kappa shape index (κ3) is 3.23. The highest BCUT2D eigenvalue weighted by Crippen LogP contribution is 2.38. The predicted octanol–water partition coefficient (Wildman–Crippen LogP) is 2.23. The number of nitrogens with zero attached hydrogens (tertiary/aromatic N) is 3. The predicted molar refractivity (Wildman–Crippen MR) is 96.7 cm³/mol. The maximum absolute atomic E-state index is 13.0. The first kappa shape index (κ1) is 17.5. The molecule has 0 aromatic carbocycles. The molecule has 4 heterocycles. The van der Waals surface area contributed by atoms with E-state index >= 15 is 0 Å². The second kappa shape index (κ2) is 6.66. The lowest BCUT2D eigenvalue weighted by Crippen LogP contribution is -2.48. The maximum Gasteiger partial charge on any atom is 0.213 e. The van der Waals surface area contributed by atoms with Gasteiger partial charge in [0.05, 0.1) is 11.4 Å². The van der Waals surface area contributed by atoms with E-state index < -0.39 is 9.84 Å². The maximum atomic E-state index is 13.0. The van der Waals surface area contributed by atoms with Gasteiger partial charge in [0.2, 0.25) is 5.88 Å². The molecule has 2 aliphatic heterocycles. The Morgan fingerprint density at radius 2 is 1.96 bits per heavy atom.